The van der Waals surface area contributed by atoms with E-state index in [-0.39, 0.29) is 0 Å². The molecule has 0 atom stereocenters. The van der Waals surface area contributed by atoms with Gasteiger partial charge in [0.05, 0.1) is 16.9 Å². The number of fused-ring (bicyclic) bond motifs is 1. The SMILES string of the molecule is CCc1cc2c(N3CC(C4CS(=O)(=O)C4)C3)nc(C)nc2s1. The van der Waals surface area contributed by atoms with Crippen LogP contribution in [0.25, 0.3) is 10.2 Å². The minimum atomic E-state index is -2.72. The predicted octanol–water partition coefficient (Wildman–Crippen LogP) is 2.04. The second kappa shape index (κ2) is 4.89. The van der Waals surface area contributed by atoms with Crippen molar-refractivity contribution in [2.45, 2.75) is 20.3 Å². The van der Waals surface area contributed by atoms with Crippen molar-refractivity contribution in [2.24, 2.45) is 11.8 Å². The summed E-state index contributed by atoms with van der Waals surface area (Å²) in [5, 5.41) is 1.15. The summed E-state index contributed by atoms with van der Waals surface area (Å²) in [4.78, 5) is 13.9. The van der Waals surface area contributed by atoms with E-state index in [4.69, 9.17) is 0 Å². The van der Waals surface area contributed by atoms with Crippen molar-refractivity contribution in [3.05, 3.63) is 16.8 Å². The van der Waals surface area contributed by atoms with E-state index in [1.807, 2.05) is 6.92 Å². The van der Waals surface area contributed by atoms with Crippen LogP contribution < -0.4 is 4.90 Å². The Labute approximate surface area is 134 Å². The quantitative estimate of drug-likeness (QED) is 0.858. The molecule has 2 aliphatic rings. The van der Waals surface area contributed by atoms with Gasteiger partial charge < -0.3 is 4.90 Å². The van der Waals surface area contributed by atoms with E-state index >= 15 is 0 Å². The molecule has 0 aromatic carbocycles. The van der Waals surface area contributed by atoms with Crippen molar-refractivity contribution in [3.63, 3.8) is 0 Å². The zero-order valence-corrected chi connectivity index (χ0v) is 14.4. The highest BCUT2D eigenvalue weighted by Crippen LogP contribution is 2.38. The van der Waals surface area contributed by atoms with Gasteiger partial charge in [0.15, 0.2) is 9.84 Å². The van der Waals surface area contributed by atoms with Crippen molar-refractivity contribution in [1.29, 1.82) is 0 Å². The first-order valence-electron chi connectivity index (χ1n) is 7.67. The van der Waals surface area contributed by atoms with Crippen LogP contribution in [-0.4, -0.2) is 43.0 Å². The lowest BCUT2D eigenvalue weighted by molar-refractivity contribution is 0.294. The highest BCUT2D eigenvalue weighted by atomic mass is 32.2. The molecule has 0 bridgehead atoms. The lowest BCUT2D eigenvalue weighted by atomic mass is 9.87. The topological polar surface area (TPSA) is 63.2 Å². The van der Waals surface area contributed by atoms with Gasteiger partial charge in [-0.3, -0.25) is 0 Å². The molecule has 4 heterocycles. The van der Waals surface area contributed by atoms with Gasteiger partial charge in [-0.15, -0.1) is 11.3 Å². The summed E-state index contributed by atoms with van der Waals surface area (Å²) in [5.41, 5.74) is 0. The summed E-state index contributed by atoms with van der Waals surface area (Å²) in [6.45, 7) is 5.93. The summed E-state index contributed by atoms with van der Waals surface area (Å²) in [7, 11) is -2.72. The van der Waals surface area contributed by atoms with E-state index in [9.17, 15) is 8.42 Å². The molecule has 22 heavy (non-hydrogen) atoms. The summed E-state index contributed by atoms with van der Waals surface area (Å²) in [6.07, 6.45) is 1.02. The highest BCUT2D eigenvalue weighted by Gasteiger charge is 2.44. The third-order valence-electron chi connectivity index (χ3n) is 4.70. The number of anilines is 1. The normalized spacial score (nSPS) is 21.8. The van der Waals surface area contributed by atoms with Crippen LogP contribution in [0.4, 0.5) is 5.82 Å². The second-order valence-electron chi connectivity index (χ2n) is 6.38. The van der Waals surface area contributed by atoms with E-state index in [1.54, 1.807) is 11.3 Å². The fraction of sp³-hybridized carbons (Fsp3) is 0.600. The Morgan fingerprint density at radius 1 is 1.27 bits per heavy atom. The molecule has 0 N–H and O–H groups in total. The fourth-order valence-corrected chi connectivity index (χ4v) is 6.09. The molecule has 4 rings (SSSR count). The summed E-state index contributed by atoms with van der Waals surface area (Å²) >= 11 is 1.74. The van der Waals surface area contributed by atoms with Gasteiger partial charge >= 0.3 is 0 Å². The Morgan fingerprint density at radius 3 is 2.64 bits per heavy atom. The molecule has 7 heteroatoms. The van der Waals surface area contributed by atoms with Crippen LogP contribution in [0.3, 0.4) is 0 Å². The largest absolute Gasteiger partial charge is 0.355 e. The molecule has 2 fully saturated rings. The van der Waals surface area contributed by atoms with E-state index in [1.165, 1.54) is 4.88 Å². The van der Waals surface area contributed by atoms with Crippen LogP contribution >= 0.6 is 11.3 Å². The predicted molar refractivity (Wildman–Crippen MR) is 89.4 cm³/mol. The zero-order chi connectivity index (χ0) is 15.5. The molecule has 2 aromatic heterocycles. The Kier molecular flexibility index (Phi) is 3.20. The fourth-order valence-electron chi connectivity index (χ4n) is 3.33. The van der Waals surface area contributed by atoms with Gasteiger partial charge in [-0.25, -0.2) is 18.4 Å². The number of nitrogens with zero attached hydrogens (tertiary/aromatic N) is 3. The first kappa shape index (κ1) is 14.4. The standard InChI is InChI=1S/C15H19N3O2S2/c1-3-12-4-13-14(16-9(2)17-15(13)21-12)18-5-10(6-18)11-7-22(19,20)8-11/h4,10-11H,3,5-8H2,1-2H3. The Balaban J connectivity index is 1.56. The molecular formula is C15H19N3O2S2. The van der Waals surface area contributed by atoms with Gasteiger partial charge in [-0.2, -0.15) is 0 Å². The third kappa shape index (κ3) is 2.31. The molecule has 118 valence electrons. The molecule has 2 saturated heterocycles. The van der Waals surface area contributed by atoms with Crippen LogP contribution in [0, 0.1) is 18.8 Å². The van der Waals surface area contributed by atoms with Crippen LogP contribution in [0.2, 0.25) is 0 Å². The smallest absolute Gasteiger partial charge is 0.150 e. The van der Waals surface area contributed by atoms with Gasteiger partial charge in [0.25, 0.3) is 0 Å². The molecule has 5 nitrogen and oxygen atoms in total. The van der Waals surface area contributed by atoms with Gasteiger partial charge in [-0.05, 0) is 31.2 Å². The van der Waals surface area contributed by atoms with E-state index in [0.29, 0.717) is 23.3 Å². The lowest BCUT2D eigenvalue weighted by Crippen LogP contribution is -2.56. The molecular weight excluding hydrogens is 318 g/mol. The van der Waals surface area contributed by atoms with Crippen molar-refractivity contribution in [3.8, 4) is 0 Å². The second-order valence-corrected chi connectivity index (χ2v) is 9.65. The number of aryl methyl sites for hydroxylation is 2. The minimum absolute atomic E-state index is 0.355. The maximum Gasteiger partial charge on any atom is 0.150 e. The van der Waals surface area contributed by atoms with Crippen molar-refractivity contribution >= 4 is 37.2 Å². The average Bonchev–Trinajstić information content (AvgIpc) is 2.77. The molecule has 0 unspecified atom stereocenters. The molecule has 0 radical (unpaired) electrons. The van der Waals surface area contributed by atoms with E-state index in [0.717, 1.165) is 41.4 Å². The molecule has 0 amide bonds. The summed E-state index contributed by atoms with van der Waals surface area (Å²) in [5.74, 6) is 3.44. The monoisotopic (exact) mass is 337 g/mol. The summed E-state index contributed by atoms with van der Waals surface area (Å²) < 4.78 is 22.6. The molecule has 0 saturated carbocycles. The first-order chi connectivity index (χ1) is 10.4. The van der Waals surface area contributed by atoms with E-state index in [2.05, 4.69) is 27.9 Å². The van der Waals surface area contributed by atoms with Crippen molar-refractivity contribution in [1.82, 2.24) is 9.97 Å². The number of rotatable bonds is 3. The molecule has 0 spiro atoms. The van der Waals surface area contributed by atoms with Crippen LogP contribution in [0.15, 0.2) is 6.07 Å². The van der Waals surface area contributed by atoms with E-state index < -0.39 is 9.84 Å². The molecule has 0 aliphatic carbocycles. The van der Waals surface area contributed by atoms with Gasteiger partial charge in [0.1, 0.15) is 16.5 Å². The van der Waals surface area contributed by atoms with Gasteiger partial charge in [-0.1, -0.05) is 6.92 Å². The number of hydrogen-bond donors (Lipinski definition) is 0. The molecule has 2 aromatic rings. The number of sulfone groups is 1. The van der Waals surface area contributed by atoms with Crippen molar-refractivity contribution in [2.75, 3.05) is 29.5 Å². The maximum atomic E-state index is 11.3. The number of aromatic nitrogens is 2. The van der Waals surface area contributed by atoms with Crippen LogP contribution in [-0.2, 0) is 16.3 Å². The average molecular weight is 337 g/mol. The van der Waals surface area contributed by atoms with Crippen LogP contribution in [0.5, 0.6) is 0 Å². The number of hydrogen-bond acceptors (Lipinski definition) is 6. The lowest BCUT2D eigenvalue weighted by Gasteiger charge is -2.46. The third-order valence-corrected chi connectivity index (χ3v) is 7.74. The first-order valence-corrected chi connectivity index (χ1v) is 10.3. The zero-order valence-electron chi connectivity index (χ0n) is 12.7. The van der Waals surface area contributed by atoms with Gasteiger partial charge in [0.2, 0.25) is 0 Å². The Hall–Kier alpha value is -1.21. The highest BCUT2D eigenvalue weighted by molar-refractivity contribution is 7.92. The number of thiophene rings is 1. The minimum Gasteiger partial charge on any atom is -0.355 e. The van der Waals surface area contributed by atoms with Crippen LogP contribution in [0.1, 0.15) is 17.6 Å². The Bertz CT molecular complexity index is 826. The molecule has 2 aliphatic heterocycles. The van der Waals surface area contributed by atoms with Gasteiger partial charge in [0, 0.05) is 18.0 Å². The van der Waals surface area contributed by atoms with Crippen molar-refractivity contribution < 1.29 is 8.42 Å². The maximum absolute atomic E-state index is 11.3. The summed E-state index contributed by atoms with van der Waals surface area (Å²) in [6, 6.07) is 2.20. The Morgan fingerprint density at radius 2 is 2.00 bits per heavy atom.